The summed E-state index contributed by atoms with van der Waals surface area (Å²) in [5.41, 5.74) is 2.06. The van der Waals surface area contributed by atoms with Crippen LogP contribution in [0, 0.1) is 5.92 Å². The highest BCUT2D eigenvalue weighted by atomic mass is 35.5. The minimum Gasteiger partial charge on any atom is -0.379 e. The van der Waals surface area contributed by atoms with Crippen LogP contribution in [0.2, 0.25) is 0 Å². The Bertz CT molecular complexity index is 536. The van der Waals surface area contributed by atoms with Gasteiger partial charge in [0.1, 0.15) is 0 Å². The summed E-state index contributed by atoms with van der Waals surface area (Å²) in [5.74, 6) is 0.472. The molecule has 1 aromatic rings. The molecule has 0 saturated carbocycles. The molecule has 0 aromatic heterocycles. The van der Waals surface area contributed by atoms with Gasteiger partial charge in [-0.2, -0.15) is 0 Å². The van der Waals surface area contributed by atoms with Crippen LogP contribution in [0.4, 0.5) is 5.69 Å². The highest BCUT2D eigenvalue weighted by Gasteiger charge is 2.32. The van der Waals surface area contributed by atoms with E-state index in [9.17, 15) is 4.79 Å². The first kappa shape index (κ1) is 26.1. The number of morpholine rings is 1. The maximum absolute atomic E-state index is 13.1. The molecule has 1 aliphatic heterocycles. The van der Waals surface area contributed by atoms with E-state index in [2.05, 4.69) is 48.4 Å². The van der Waals surface area contributed by atoms with Crippen LogP contribution in [0.5, 0.6) is 0 Å². The lowest BCUT2D eigenvalue weighted by Gasteiger charge is -2.37. The van der Waals surface area contributed by atoms with Gasteiger partial charge in [0.15, 0.2) is 0 Å². The number of carbonyl (C=O) groups is 1. The number of hydrogen-bond acceptors (Lipinski definition) is 4. The van der Waals surface area contributed by atoms with Gasteiger partial charge in [0, 0.05) is 25.3 Å². The highest BCUT2D eigenvalue weighted by molar-refractivity contribution is 5.95. The first-order valence-corrected chi connectivity index (χ1v) is 9.61. The number of anilines is 1. The van der Waals surface area contributed by atoms with E-state index >= 15 is 0 Å². The third-order valence-corrected chi connectivity index (χ3v) is 4.98. The first-order valence-electron chi connectivity index (χ1n) is 9.61. The molecule has 1 amide bonds. The molecule has 156 valence electrons. The van der Waals surface area contributed by atoms with Gasteiger partial charge >= 0.3 is 0 Å². The molecule has 0 aliphatic carbocycles. The summed E-state index contributed by atoms with van der Waals surface area (Å²) in [5, 5.41) is 6.48. The number of amides is 1. The molecular weight excluding hydrogens is 385 g/mol. The van der Waals surface area contributed by atoms with Crippen molar-refractivity contribution in [3.05, 3.63) is 29.8 Å². The SMILES string of the molecule is CCNCc1cccc(NC(=O)C(C(CC)CC)N2CCOCC2)c1.Cl.Cl. The predicted octanol–water partition coefficient (Wildman–Crippen LogP) is 3.72. The van der Waals surface area contributed by atoms with E-state index in [-0.39, 0.29) is 36.8 Å². The molecule has 1 atom stereocenters. The number of hydrogen-bond donors (Lipinski definition) is 2. The van der Waals surface area contributed by atoms with Crippen molar-refractivity contribution in [2.75, 3.05) is 38.2 Å². The van der Waals surface area contributed by atoms with Crippen molar-refractivity contribution in [1.82, 2.24) is 10.2 Å². The van der Waals surface area contributed by atoms with Crippen molar-refractivity contribution in [3.8, 4) is 0 Å². The van der Waals surface area contributed by atoms with E-state index in [1.165, 1.54) is 5.56 Å². The third-order valence-electron chi connectivity index (χ3n) is 4.98. The van der Waals surface area contributed by atoms with Crippen molar-refractivity contribution >= 4 is 36.4 Å². The van der Waals surface area contributed by atoms with Gasteiger partial charge in [-0.25, -0.2) is 0 Å². The Hall–Kier alpha value is -0.850. The highest BCUT2D eigenvalue weighted by Crippen LogP contribution is 2.22. The zero-order valence-electron chi connectivity index (χ0n) is 16.7. The fraction of sp³-hybridized carbons (Fsp3) is 0.650. The Morgan fingerprint density at radius 2 is 1.81 bits per heavy atom. The van der Waals surface area contributed by atoms with Crippen LogP contribution in [0.3, 0.4) is 0 Å². The first-order chi connectivity index (χ1) is 12.2. The van der Waals surface area contributed by atoms with Gasteiger partial charge in [0.2, 0.25) is 5.91 Å². The Labute approximate surface area is 176 Å². The molecule has 27 heavy (non-hydrogen) atoms. The van der Waals surface area contributed by atoms with Crippen LogP contribution in [-0.2, 0) is 16.1 Å². The summed E-state index contributed by atoms with van der Waals surface area (Å²) in [6.45, 7) is 11.3. The fourth-order valence-electron chi connectivity index (χ4n) is 3.51. The van der Waals surface area contributed by atoms with Gasteiger partial charge < -0.3 is 15.4 Å². The average molecular weight is 420 g/mol. The summed E-state index contributed by atoms with van der Waals surface area (Å²) < 4.78 is 5.47. The standard InChI is InChI=1S/C20H33N3O2.2ClH/c1-4-17(5-2)19(23-10-12-25-13-11-23)20(24)22-18-9-7-8-16(14-18)15-21-6-3;;/h7-9,14,17,19,21H,4-6,10-13,15H2,1-3H3,(H,22,24);2*1H. The molecule has 1 saturated heterocycles. The van der Waals surface area contributed by atoms with Gasteiger partial charge in [0.05, 0.1) is 19.3 Å². The third kappa shape index (κ3) is 7.96. The van der Waals surface area contributed by atoms with Crippen molar-refractivity contribution in [1.29, 1.82) is 0 Å². The summed E-state index contributed by atoms with van der Waals surface area (Å²) in [7, 11) is 0. The topological polar surface area (TPSA) is 53.6 Å². The molecule has 1 aliphatic rings. The molecule has 7 heteroatoms. The van der Waals surface area contributed by atoms with E-state index in [0.29, 0.717) is 19.1 Å². The maximum atomic E-state index is 13.1. The lowest BCUT2D eigenvalue weighted by Crippen LogP contribution is -2.52. The molecule has 0 radical (unpaired) electrons. The van der Waals surface area contributed by atoms with Gasteiger partial charge in [-0.15, -0.1) is 24.8 Å². The van der Waals surface area contributed by atoms with Gasteiger partial charge in [-0.3, -0.25) is 9.69 Å². The van der Waals surface area contributed by atoms with E-state index in [4.69, 9.17) is 4.74 Å². The second-order valence-corrected chi connectivity index (χ2v) is 6.64. The number of carbonyl (C=O) groups excluding carboxylic acids is 1. The molecule has 0 spiro atoms. The number of halogens is 2. The van der Waals surface area contributed by atoms with Gasteiger partial charge in [0.25, 0.3) is 0 Å². The molecule has 2 rings (SSSR count). The summed E-state index contributed by atoms with van der Waals surface area (Å²) in [4.78, 5) is 15.4. The summed E-state index contributed by atoms with van der Waals surface area (Å²) in [6, 6.07) is 8.03. The van der Waals surface area contributed by atoms with E-state index in [0.717, 1.165) is 44.7 Å². The Balaban J connectivity index is 0.00000338. The molecule has 2 N–H and O–H groups in total. The zero-order valence-corrected chi connectivity index (χ0v) is 18.3. The maximum Gasteiger partial charge on any atom is 0.242 e. The van der Waals surface area contributed by atoms with E-state index in [1.54, 1.807) is 0 Å². The number of benzene rings is 1. The normalized spacial score (nSPS) is 15.6. The van der Waals surface area contributed by atoms with Crippen molar-refractivity contribution in [2.45, 2.75) is 46.2 Å². The van der Waals surface area contributed by atoms with Crippen LogP contribution in [-0.4, -0.2) is 49.7 Å². The minimum atomic E-state index is -0.0867. The van der Waals surface area contributed by atoms with Crippen LogP contribution < -0.4 is 10.6 Å². The number of rotatable bonds is 9. The van der Waals surface area contributed by atoms with Crippen molar-refractivity contribution in [2.24, 2.45) is 5.92 Å². The molecule has 1 fully saturated rings. The molecule has 0 bridgehead atoms. The number of nitrogens with one attached hydrogen (secondary N) is 2. The summed E-state index contributed by atoms with van der Waals surface area (Å²) >= 11 is 0. The molecule has 1 aromatic carbocycles. The monoisotopic (exact) mass is 419 g/mol. The quantitative estimate of drug-likeness (QED) is 0.640. The molecule has 5 nitrogen and oxygen atoms in total. The second-order valence-electron chi connectivity index (χ2n) is 6.64. The largest absolute Gasteiger partial charge is 0.379 e. The fourth-order valence-corrected chi connectivity index (χ4v) is 3.51. The smallest absolute Gasteiger partial charge is 0.242 e. The van der Waals surface area contributed by atoms with Crippen LogP contribution in [0.25, 0.3) is 0 Å². The van der Waals surface area contributed by atoms with Gasteiger partial charge in [-0.05, 0) is 30.2 Å². The van der Waals surface area contributed by atoms with E-state index < -0.39 is 0 Å². The minimum absolute atomic E-state index is 0. The Kier molecular flexibility index (Phi) is 13.7. The Morgan fingerprint density at radius 1 is 1.15 bits per heavy atom. The number of ether oxygens (including phenoxy) is 1. The molecular formula is C20H35Cl2N3O2. The molecule has 1 unspecified atom stereocenters. The van der Waals surface area contributed by atoms with E-state index in [1.807, 2.05) is 12.1 Å². The Morgan fingerprint density at radius 3 is 2.41 bits per heavy atom. The van der Waals surface area contributed by atoms with Crippen LogP contribution in [0.15, 0.2) is 24.3 Å². The van der Waals surface area contributed by atoms with Crippen molar-refractivity contribution < 1.29 is 9.53 Å². The average Bonchev–Trinajstić information content (AvgIpc) is 2.65. The van der Waals surface area contributed by atoms with Crippen LogP contribution in [0.1, 0.15) is 39.2 Å². The van der Waals surface area contributed by atoms with Gasteiger partial charge in [-0.1, -0.05) is 45.7 Å². The number of nitrogens with zero attached hydrogens (tertiary/aromatic N) is 1. The lowest BCUT2D eigenvalue weighted by atomic mass is 9.91. The lowest BCUT2D eigenvalue weighted by molar-refractivity contribution is -0.125. The zero-order chi connectivity index (χ0) is 18.1. The molecule has 1 heterocycles. The second kappa shape index (κ2) is 14.2. The van der Waals surface area contributed by atoms with Crippen LogP contribution >= 0.6 is 24.8 Å². The summed E-state index contributed by atoms with van der Waals surface area (Å²) in [6.07, 6.45) is 2.01. The van der Waals surface area contributed by atoms with Crippen molar-refractivity contribution in [3.63, 3.8) is 0 Å². The predicted molar refractivity (Wildman–Crippen MR) is 117 cm³/mol.